The molecule has 1 aliphatic heterocycles. The monoisotopic (exact) mass is 611 g/mol. The number of alkyl halides is 5. The van der Waals surface area contributed by atoms with Crippen molar-refractivity contribution in [3.63, 3.8) is 0 Å². The van der Waals surface area contributed by atoms with Crippen molar-refractivity contribution >= 4 is 23.7 Å². The van der Waals surface area contributed by atoms with Gasteiger partial charge in [-0.25, -0.2) is 9.78 Å². The van der Waals surface area contributed by atoms with Crippen molar-refractivity contribution in [2.75, 3.05) is 25.6 Å². The third kappa shape index (κ3) is 7.59. The minimum absolute atomic E-state index is 0.0335. The van der Waals surface area contributed by atoms with Crippen LogP contribution < -0.4 is 16.0 Å². The average molecular weight is 612 g/mol. The number of ether oxygens (including phenoxy) is 1. The summed E-state index contributed by atoms with van der Waals surface area (Å²) in [6.07, 6.45) is -0.783. The second kappa shape index (κ2) is 13.2. The molecule has 1 aromatic carbocycles. The quantitative estimate of drug-likeness (QED) is 0.336. The van der Waals surface area contributed by atoms with E-state index in [1.807, 2.05) is 5.32 Å². The molecule has 2 fully saturated rings. The van der Waals surface area contributed by atoms with Crippen molar-refractivity contribution in [1.29, 1.82) is 0 Å². The highest BCUT2D eigenvalue weighted by molar-refractivity contribution is 5.98. The zero-order valence-electron chi connectivity index (χ0n) is 23.7. The number of hydrogen-bond donors (Lipinski definition) is 3. The minimum atomic E-state index is -4.65. The maximum absolute atomic E-state index is 15.0. The number of halogens is 5. The summed E-state index contributed by atoms with van der Waals surface area (Å²) in [7, 11) is 1.33. The van der Waals surface area contributed by atoms with Crippen LogP contribution in [0.3, 0.4) is 0 Å². The molecule has 1 aliphatic carbocycles. The van der Waals surface area contributed by atoms with E-state index in [-0.39, 0.29) is 12.4 Å². The van der Waals surface area contributed by atoms with Gasteiger partial charge in [-0.15, -0.1) is 0 Å². The Kier molecular flexibility index (Phi) is 9.88. The molecule has 0 bridgehead atoms. The zero-order chi connectivity index (χ0) is 31.4. The summed E-state index contributed by atoms with van der Waals surface area (Å²) in [6, 6.07) is 4.16. The second-order valence-corrected chi connectivity index (χ2v) is 11.0. The summed E-state index contributed by atoms with van der Waals surface area (Å²) in [4.78, 5) is 43.9. The first-order valence-electron chi connectivity index (χ1n) is 13.9. The number of nitrogens with one attached hydrogen (secondary N) is 3. The van der Waals surface area contributed by atoms with Crippen LogP contribution in [0.5, 0.6) is 0 Å². The summed E-state index contributed by atoms with van der Waals surface area (Å²) in [6.45, 7) is 1.25. The van der Waals surface area contributed by atoms with Gasteiger partial charge in [-0.05, 0) is 42.4 Å². The fourth-order valence-electron chi connectivity index (χ4n) is 5.49. The van der Waals surface area contributed by atoms with Gasteiger partial charge in [0.25, 0.3) is 5.91 Å². The first kappa shape index (κ1) is 32.1. The van der Waals surface area contributed by atoms with E-state index in [0.29, 0.717) is 24.3 Å². The molecule has 2 heterocycles. The first-order valence-corrected chi connectivity index (χ1v) is 13.9. The van der Waals surface area contributed by atoms with Crippen molar-refractivity contribution < 1.29 is 41.1 Å². The van der Waals surface area contributed by atoms with E-state index < -0.39 is 66.1 Å². The molecule has 43 heavy (non-hydrogen) atoms. The summed E-state index contributed by atoms with van der Waals surface area (Å²) in [5.74, 6) is -6.33. The number of carbonyl (C=O) groups is 3. The molecule has 2 unspecified atom stereocenters. The van der Waals surface area contributed by atoms with Gasteiger partial charge in [0.05, 0.1) is 19.2 Å². The lowest BCUT2D eigenvalue weighted by molar-refractivity contribution is -0.150. The number of anilines is 1. The Labute approximate surface area is 245 Å². The average Bonchev–Trinajstić information content (AvgIpc) is 3.37. The van der Waals surface area contributed by atoms with Gasteiger partial charge in [0.1, 0.15) is 17.9 Å². The lowest BCUT2D eigenvalue weighted by Crippen LogP contribution is -2.53. The highest BCUT2D eigenvalue weighted by Crippen LogP contribution is 2.34. The molecule has 4 rings (SSSR count). The van der Waals surface area contributed by atoms with Gasteiger partial charge in [0.2, 0.25) is 5.91 Å². The molecule has 1 saturated carbocycles. The standard InChI is InChI=1S/C29H34F5N5O4/c1-17-8-10-18(11-9-17)24(38-26(41)28(30,31)20-6-4-3-5-7-20)25(40)37-23-14-19(12-13-35-23)21(16-43-2)39-15-22(29(32,33)34)36-27(39)42/h3-7,12-14,17-18,21-22,24H,8-11,15-16H2,1-2H3,(H,36,42)(H,38,41)(H,35,37,40)/t17?,18?,21?,22-,24?/m0/s1. The summed E-state index contributed by atoms with van der Waals surface area (Å²) in [5.41, 5.74) is -0.186. The maximum atomic E-state index is 15.0. The Morgan fingerprint density at radius 1 is 1.09 bits per heavy atom. The molecule has 4 amide bonds. The Balaban J connectivity index is 1.55. The number of pyridine rings is 1. The fourth-order valence-corrected chi connectivity index (χ4v) is 5.49. The second-order valence-electron chi connectivity index (χ2n) is 11.0. The molecule has 2 aromatic rings. The molecule has 0 radical (unpaired) electrons. The number of hydrogen-bond acceptors (Lipinski definition) is 5. The predicted molar refractivity (Wildman–Crippen MR) is 146 cm³/mol. The normalized spacial score (nSPS) is 22.4. The van der Waals surface area contributed by atoms with Crippen molar-refractivity contribution in [3.05, 3.63) is 59.8 Å². The number of aromatic nitrogens is 1. The van der Waals surface area contributed by atoms with E-state index in [0.717, 1.165) is 29.9 Å². The van der Waals surface area contributed by atoms with Gasteiger partial charge in [-0.2, -0.15) is 22.0 Å². The lowest BCUT2D eigenvalue weighted by Gasteiger charge is -2.33. The van der Waals surface area contributed by atoms with Gasteiger partial charge in [0, 0.05) is 18.9 Å². The van der Waals surface area contributed by atoms with E-state index >= 15 is 8.78 Å². The highest BCUT2D eigenvalue weighted by Gasteiger charge is 2.49. The highest BCUT2D eigenvalue weighted by atomic mass is 19.4. The molecule has 234 valence electrons. The van der Waals surface area contributed by atoms with E-state index in [4.69, 9.17) is 4.74 Å². The lowest BCUT2D eigenvalue weighted by atomic mass is 9.79. The van der Waals surface area contributed by atoms with Crippen LogP contribution in [0.1, 0.15) is 49.8 Å². The molecule has 0 spiro atoms. The predicted octanol–water partition coefficient (Wildman–Crippen LogP) is 4.77. The van der Waals surface area contributed by atoms with Crippen LogP contribution >= 0.6 is 0 Å². The first-order chi connectivity index (χ1) is 20.3. The van der Waals surface area contributed by atoms with E-state index in [9.17, 15) is 27.6 Å². The van der Waals surface area contributed by atoms with Crippen LogP contribution in [0.2, 0.25) is 0 Å². The number of methoxy groups -OCH3 is 1. The van der Waals surface area contributed by atoms with Crippen LogP contribution in [-0.4, -0.2) is 66.3 Å². The number of urea groups is 1. The molecule has 9 nitrogen and oxygen atoms in total. The summed E-state index contributed by atoms with van der Waals surface area (Å²) in [5, 5.41) is 6.76. The molecule has 1 saturated heterocycles. The zero-order valence-corrected chi connectivity index (χ0v) is 23.7. The van der Waals surface area contributed by atoms with Gasteiger partial charge in [-0.3, -0.25) is 9.59 Å². The van der Waals surface area contributed by atoms with Crippen molar-refractivity contribution in [2.24, 2.45) is 11.8 Å². The Bertz CT molecular complexity index is 1290. The van der Waals surface area contributed by atoms with Crippen LogP contribution in [0.4, 0.5) is 32.6 Å². The van der Waals surface area contributed by atoms with Crippen LogP contribution in [0.25, 0.3) is 0 Å². The van der Waals surface area contributed by atoms with Crippen LogP contribution in [0, 0.1) is 11.8 Å². The molecular weight excluding hydrogens is 577 g/mol. The minimum Gasteiger partial charge on any atom is -0.382 e. The topological polar surface area (TPSA) is 113 Å². The van der Waals surface area contributed by atoms with Crippen molar-refractivity contribution in [1.82, 2.24) is 20.5 Å². The van der Waals surface area contributed by atoms with Crippen LogP contribution in [0.15, 0.2) is 48.7 Å². The van der Waals surface area contributed by atoms with E-state index in [1.54, 1.807) is 6.07 Å². The smallest absolute Gasteiger partial charge is 0.382 e. The van der Waals surface area contributed by atoms with Gasteiger partial charge in [0.15, 0.2) is 0 Å². The molecule has 3 N–H and O–H groups in total. The number of carbonyl (C=O) groups excluding carboxylic acids is 3. The molecular formula is C29H34F5N5O4. The fraction of sp³-hybridized carbons (Fsp3) is 0.517. The molecule has 1 aromatic heterocycles. The maximum Gasteiger partial charge on any atom is 0.410 e. The summed E-state index contributed by atoms with van der Waals surface area (Å²) < 4.78 is 75.1. The number of benzene rings is 1. The molecule has 2 aliphatic rings. The van der Waals surface area contributed by atoms with Crippen LogP contribution in [-0.2, 0) is 20.2 Å². The number of amides is 4. The number of nitrogens with zero attached hydrogens (tertiary/aromatic N) is 2. The van der Waals surface area contributed by atoms with E-state index in [2.05, 4.69) is 22.5 Å². The Morgan fingerprint density at radius 2 is 1.77 bits per heavy atom. The summed E-state index contributed by atoms with van der Waals surface area (Å²) >= 11 is 0. The molecule has 3 atom stereocenters. The third-order valence-electron chi connectivity index (χ3n) is 7.98. The van der Waals surface area contributed by atoms with Gasteiger partial charge >= 0.3 is 18.1 Å². The van der Waals surface area contributed by atoms with E-state index in [1.165, 1.54) is 37.6 Å². The Hall–Kier alpha value is -3.81. The third-order valence-corrected chi connectivity index (χ3v) is 7.98. The van der Waals surface area contributed by atoms with Crippen molar-refractivity contribution in [3.8, 4) is 0 Å². The largest absolute Gasteiger partial charge is 0.410 e. The molecule has 14 heteroatoms. The van der Waals surface area contributed by atoms with Gasteiger partial charge < -0.3 is 25.6 Å². The number of rotatable bonds is 10. The Morgan fingerprint density at radius 3 is 2.37 bits per heavy atom. The van der Waals surface area contributed by atoms with Crippen molar-refractivity contribution in [2.45, 2.75) is 62.8 Å². The SMILES string of the molecule is COCC(c1ccnc(NC(=O)C(NC(=O)C(F)(F)c2ccccc2)C2CCC(C)CC2)c1)N1C[C@@H](C(F)(F)F)NC1=O. The van der Waals surface area contributed by atoms with Gasteiger partial charge in [-0.1, -0.05) is 50.1 Å².